The second kappa shape index (κ2) is 6.14. The summed E-state index contributed by atoms with van der Waals surface area (Å²) in [5, 5.41) is 11.2. The maximum absolute atomic E-state index is 13.5. The topological polar surface area (TPSA) is 66.4 Å². The predicted octanol–water partition coefficient (Wildman–Crippen LogP) is 3.42. The van der Waals surface area contributed by atoms with Crippen LogP contribution in [-0.2, 0) is 9.59 Å². The molecule has 19 heavy (non-hydrogen) atoms. The number of anilines is 1. The number of amides is 1. The summed E-state index contributed by atoms with van der Waals surface area (Å²) in [6, 6.07) is 4.37. The number of benzene rings is 1. The highest BCUT2D eigenvalue weighted by molar-refractivity contribution is 9.10. The van der Waals surface area contributed by atoms with E-state index in [1.54, 1.807) is 19.9 Å². The van der Waals surface area contributed by atoms with Crippen molar-refractivity contribution in [3.63, 3.8) is 0 Å². The lowest BCUT2D eigenvalue weighted by Crippen LogP contribution is -2.25. The van der Waals surface area contributed by atoms with Gasteiger partial charge in [-0.15, -0.1) is 0 Å². The Morgan fingerprint density at radius 3 is 2.53 bits per heavy atom. The molecule has 0 radical (unpaired) electrons. The number of carboxylic acid groups (broad SMARTS) is 1. The van der Waals surface area contributed by atoms with Crippen molar-refractivity contribution in [1.29, 1.82) is 0 Å². The van der Waals surface area contributed by atoms with Crippen LogP contribution in [0.25, 0.3) is 0 Å². The van der Waals surface area contributed by atoms with Crippen molar-refractivity contribution in [3.8, 4) is 0 Å². The van der Waals surface area contributed by atoms with Crippen molar-refractivity contribution >= 4 is 33.5 Å². The first-order valence-corrected chi connectivity index (χ1v) is 6.46. The summed E-state index contributed by atoms with van der Waals surface area (Å²) in [4.78, 5) is 22.5. The van der Waals surface area contributed by atoms with Gasteiger partial charge < -0.3 is 10.4 Å². The molecule has 1 aromatic rings. The molecule has 1 amide bonds. The van der Waals surface area contributed by atoms with Gasteiger partial charge in [0.25, 0.3) is 0 Å². The fraction of sp³-hybridized carbons (Fsp3) is 0.385. The lowest BCUT2D eigenvalue weighted by molar-refractivity contribution is -0.139. The van der Waals surface area contributed by atoms with Crippen LogP contribution in [0.3, 0.4) is 0 Å². The predicted molar refractivity (Wildman–Crippen MR) is 73.4 cm³/mol. The zero-order chi connectivity index (χ0) is 14.6. The summed E-state index contributed by atoms with van der Waals surface area (Å²) in [5.41, 5.74) is -0.619. The van der Waals surface area contributed by atoms with Crippen molar-refractivity contribution in [3.05, 3.63) is 28.5 Å². The highest BCUT2D eigenvalue weighted by atomic mass is 79.9. The van der Waals surface area contributed by atoms with Crippen LogP contribution >= 0.6 is 15.9 Å². The van der Waals surface area contributed by atoms with Gasteiger partial charge in [0.15, 0.2) is 0 Å². The minimum Gasteiger partial charge on any atom is -0.481 e. The van der Waals surface area contributed by atoms with Crippen LogP contribution in [0.15, 0.2) is 22.7 Å². The van der Waals surface area contributed by atoms with Gasteiger partial charge in [-0.1, -0.05) is 19.9 Å². The van der Waals surface area contributed by atoms with Gasteiger partial charge in [0.05, 0.1) is 12.1 Å². The summed E-state index contributed by atoms with van der Waals surface area (Å²) in [5.74, 6) is -1.93. The summed E-state index contributed by atoms with van der Waals surface area (Å²) < 4.78 is 14.0. The molecule has 0 spiro atoms. The second-order valence-electron chi connectivity index (χ2n) is 5.06. The molecule has 2 N–H and O–H groups in total. The van der Waals surface area contributed by atoms with Crippen LogP contribution in [0.5, 0.6) is 0 Å². The quantitative estimate of drug-likeness (QED) is 0.868. The van der Waals surface area contributed by atoms with Gasteiger partial charge in [-0.2, -0.15) is 0 Å². The number of hydrogen-bond acceptors (Lipinski definition) is 2. The molecule has 0 aliphatic rings. The molecule has 4 nitrogen and oxygen atoms in total. The minimum atomic E-state index is -0.968. The second-order valence-corrected chi connectivity index (χ2v) is 5.91. The van der Waals surface area contributed by atoms with Crippen molar-refractivity contribution in [2.24, 2.45) is 5.41 Å². The Bertz CT molecular complexity index is 482. The minimum absolute atomic E-state index is 0.0000737. The molecule has 0 atom stereocenters. The number of carbonyl (C=O) groups is 2. The van der Waals surface area contributed by atoms with Gasteiger partial charge >= 0.3 is 5.97 Å². The average molecular weight is 332 g/mol. The molecule has 6 heteroatoms. The Morgan fingerprint density at radius 1 is 1.37 bits per heavy atom. The third-order valence-electron chi connectivity index (χ3n) is 2.50. The molecule has 0 heterocycles. The summed E-state index contributed by atoms with van der Waals surface area (Å²) in [7, 11) is 0. The first kappa shape index (κ1) is 15.6. The molecule has 0 aliphatic carbocycles. The standard InChI is InChI=1S/C13H15BrFNO3/c1-13(2,7-11(18)19)6-10(17)16-12-8(14)4-3-5-9(12)15/h3-5H,6-7H2,1-2H3,(H,16,17)(H,18,19). The molecule has 0 saturated heterocycles. The van der Waals surface area contributed by atoms with Gasteiger partial charge in [-0.3, -0.25) is 9.59 Å². The molecule has 1 aromatic carbocycles. The third kappa shape index (κ3) is 4.98. The molecule has 0 fully saturated rings. The van der Waals surface area contributed by atoms with Crippen LogP contribution in [0, 0.1) is 11.2 Å². The van der Waals surface area contributed by atoms with E-state index in [4.69, 9.17) is 5.11 Å². The number of para-hydroxylation sites is 1. The zero-order valence-corrected chi connectivity index (χ0v) is 12.3. The Hall–Kier alpha value is -1.43. The Morgan fingerprint density at radius 2 is 2.00 bits per heavy atom. The third-order valence-corrected chi connectivity index (χ3v) is 3.16. The number of hydrogen-bond donors (Lipinski definition) is 2. The van der Waals surface area contributed by atoms with Crippen LogP contribution in [0.4, 0.5) is 10.1 Å². The molecule has 0 unspecified atom stereocenters. The highest BCUT2D eigenvalue weighted by Crippen LogP contribution is 2.28. The lowest BCUT2D eigenvalue weighted by atomic mass is 9.85. The van der Waals surface area contributed by atoms with E-state index >= 15 is 0 Å². The normalized spacial score (nSPS) is 11.2. The van der Waals surface area contributed by atoms with E-state index in [1.165, 1.54) is 12.1 Å². The monoisotopic (exact) mass is 331 g/mol. The van der Waals surface area contributed by atoms with E-state index in [0.29, 0.717) is 4.47 Å². The molecule has 0 aliphatic heterocycles. The van der Waals surface area contributed by atoms with E-state index in [0.717, 1.165) is 0 Å². The van der Waals surface area contributed by atoms with E-state index in [1.807, 2.05) is 0 Å². The van der Waals surface area contributed by atoms with E-state index in [-0.39, 0.29) is 18.5 Å². The Kier molecular flexibility index (Phi) is 5.05. The smallest absolute Gasteiger partial charge is 0.303 e. The summed E-state index contributed by atoms with van der Waals surface area (Å²) in [6.07, 6.45) is -0.126. The molecular weight excluding hydrogens is 317 g/mol. The number of nitrogens with one attached hydrogen (secondary N) is 1. The number of carbonyl (C=O) groups excluding carboxylic acids is 1. The van der Waals surface area contributed by atoms with Gasteiger partial charge in [-0.25, -0.2) is 4.39 Å². The highest BCUT2D eigenvalue weighted by Gasteiger charge is 2.25. The van der Waals surface area contributed by atoms with Crippen LogP contribution in [0.2, 0.25) is 0 Å². The SMILES string of the molecule is CC(C)(CC(=O)O)CC(=O)Nc1c(F)cccc1Br. The molecule has 104 valence electrons. The average Bonchev–Trinajstić information content (AvgIpc) is 2.20. The van der Waals surface area contributed by atoms with Gasteiger partial charge in [0, 0.05) is 10.9 Å². The molecule has 0 aromatic heterocycles. The van der Waals surface area contributed by atoms with Crippen molar-refractivity contribution < 1.29 is 19.1 Å². The fourth-order valence-electron chi connectivity index (χ4n) is 1.71. The van der Waals surface area contributed by atoms with E-state index < -0.39 is 23.1 Å². The number of halogens is 2. The van der Waals surface area contributed by atoms with Crippen molar-refractivity contribution in [2.75, 3.05) is 5.32 Å². The van der Waals surface area contributed by atoms with E-state index in [9.17, 15) is 14.0 Å². The molecule has 1 rings (SSSR count). The van der Waals surface area contributed by atoms with Gasteiger partial charge in [0.2, 0.25) is 5.91 Å². The van der Waals surface area contributed by atoms with Gasteiger partial charge in [0.1, 0.15) is 5.82 Å². The van der Waals surface area contributed by atoms with Crippen molar-refractivity contribution in [2.45, 2.75) is 26.7 Å². The van der Waals surface area contributed by atoms with Crippen LogP contribution in [0.1, 0.15) is 26.7 Å². The van der Waals surface area contributed by atoms with Gasteiger partial charge in [-0.05, 0) is 33.5 Å². The maximum atomic E-state index is 13.5. The first-order chi connectivity index (χ1) is 8.71. The zero-order valence-electron chi connectivity index (χ0n) is 10.7. The Balaban J connectivity index is 2.73. The largest absolute Gasteiger partial charge is 0.481 e. The van der Waals surface area contributed by atoms with Crippen LogP contribution < -0.4 is 5.32 Å². The number of aliphatic carboxylic acids is 1. The Labute approximate surface area is 119 Å². The van der Waals surface area contributed by atoms with Crippen LogP contribution in [-0.4, -0.2) is 17.0 Å². The number of carboxylic acids is 1. The van der Waals surface area contributed by atoms with E-state index in [2.05, 4.69) is 21.2 Å². The maximum Gasteiger partial charge on any atom is 0.303 e. The first-order valence-electron chi connectivity index (χ1n) is 5.67. The molecular formula is C13H15BrFNO3. The molecule has 0 saturated carbocycles. The lowest BCUT2D eigenvalue weighted by Gasteiger charge is -2.21. The summed E-state index contributed by atoms with van der Waals surface area (Å²) in [6.45, 7) is 3.36. The number of rotatable bonds is 5. The molecule has 0 bridgehead atoms. The fourth-order valence-corrected chi connectivity index (χ4v) is 2.15. The van der Waals surface area contributed by atoms with Crippen molar-refractivity contribution in [1.82, 2.24) is 0 Å². The summed E-state index contributed by atoms with van der Waals surface area (Å²) >= 11 is 3.15.